The van der Waals surface area contributed by atoms with E-state index in [0.717, 1.165) is 0 Å². The summed E-state index contributed by atoms with van der Waals surface area (Å²) >= 11 is 0. The van der Waals surface area contributed by atoms with Gasteiger partial charge in [-0.1, -0.05) is 36.4 Å². The number of para-hydroxylation sites is 3. The first-order valence-corrected chi connectivity index (χ1v) is 8.19. The van der Waals surface area contributed by atoms with Crippen molar-refractivity contribution < 1.29 is 18.7 Å². The number of hydrogen-bond donors (Lipinski definition) is 2. The van der Waals surface area contributed by atoms with Crippen LogP contribution >= 0.6 is 0 Å². The fraction of sp³-hybridized carbons (Fsp3) is 0.0476. The molecule has 2 N–H and O–H groups in total. The minimum atomic E-state index is -0.634. The highest BCUT2D eigenvalue weighted by Gasteiger charge is 2.17. The molecule has 136 valence electrons. The van der Waals surface area contributed by atoms with Crippen LogP contribution in [0.1, 0.15) is 20.7 Å². The second-order valence-electron chi connectivity index (χ2n) is 5.63. The highest BCUT2D eigenvalue weighted by atomic mass is 19.1. The van der Waals surface area contributed by atoms with Gasteiger partial charge in [0.1, 0.15) is 11.6 Å². The third-order valence-corrected chi connectivity index (χ3v) is 3.89. The molecule has 3 aromatic carbocycles. The predicted molar refractivity (Wildman–Crippen MR) is 102 cm³/mol. The summed E-state index contributed by atoms with van der Waals surface area (Å²) in [6.07, 6.45) is 0. The Morgan fingerprint density at radius 2 is 1.26 bits per heavy atom. The summed E-state index contributed by atoms with van der Waals surface area (Å²) < 4.78 is 19.0. The van der Waals surface area contributed by atoms with Crippen molar-refractivity contribution in [2.24, 2.45) is 0 Å². The van der Waals surface area contributed by atoms with Gasteiger partial charge in [0.2, 0.25) is 0 Å². The number of halogens is 1. The SMILES string of the molecule is COc1ccccc1NC(=O)c1ccccc1NC(=O)c1ccccc1F. The van der Waals surface area contributed by atoms with Crippen molar-refractivity contribution in [1.29, 1.82) is 0 Å². The van der Waals surface area contributed by atoms with E-state index >= 15 is 0 Å². The summed E-state index contributed by atoms with van der Waals surface area (Å²) in [7, 11) is 1.51. The van der Waals surface area contributed by atoms with Crippen molar-refractivity contribution >= 4 is 23.2 Å². The molecular formula is C21H17FN2O3. The third kappa shape index (κ3) is 4.12. The highest BCUT2D eigenvalue weighted by Crippen LogP contribution is 2.25. The number of rotatable bonds is 5. The Balaban J connectivity index is 1.84. The lowest BCUT2D eigenvalue weighted by Gasteiger charge is -2.13. The average Bonchev–Trinajstić information content (AvgIpc) is 2.69. The smallest absolute Gasteiger partial charge is 0.258 e. The molecule has 2 amide bonds. The number of carbonyl (C=O) groups is 2. The van der Waals surface area contributed by atoms with Gasteiger partial charge in [-0.2, -0.15) is 0 Å². The molecule has 0 aromatic heterocycles. The van der Waals surface area contributed by atoms with E-state index in [1.165, 1.54) is 25.3 Å². The number of benzene rings is 3. The van der Waals surface area contributed by atoms with Gasteiger partial charge in [0.25, 0.3) is 11.8 Å². The molecule has 0 saturated heterocycles. The monoisotopic (exact) mass is 364 g/mol. The summed E-state index contributed by atoms with van der Waals surface area (Å²) in [6, 6.07) is 19.1. The molecule has 3 rings (SSSR count). The second-order valence-corrected chi connectivity index (χ2v) is 5.63. The Morgan fingerprint density at radius 1 is 0.741 bits per heavy atom. The van der Waals surface area contributed by atoms with Gasteiger partial charge in [0.15, 0.2) is 0 Å². The molecule has 0 bridgehead atoms. The van der Waals surface area contributed by atoms with Gasteiger partial charge in [-0.25, -0.2) is 4.39 Å². The molecule has 27 heavy (non-hydrogen) atoms. The Hall–Kier alpha value is -3.67. The van der Waals surface area contributed by atoms with Crippen LogP contribution in [0.5, 0.6) is 5.75 Å². The van der Waals surface area contributed by atoms with Crippen LogP contribution in [-0.2, 0) is 0 Å². The van der Waals surface area contributed by atoms with E-state index in [0.29, 0.717) is 11.4 Å². The Bertz CT molecular complexity index is 988. The van der Waals surface area contributed by atoms with E-state index < -0.39 is 17.6 Å². The van der Waals surface area contributed by atoms with Crippen molar-refractivity contribution in [3.05, 3.63) is 89.7 Å². The molecule has 0 saturated carbocycles. The molecule has 0 fully saturated rings. The summed E-state index contributed by atoms with van der Waals surface area (Å²) in [4.78, 5) is 25.1. The first-order chi connectivity index (χ1) is 13.1. The van der Waals surface area contributed by atoms with Gasteiger partial charge in [-0.3, -0.25) is 9.59 Å². The Morgan fingerprint density at radius 3 is 1.96 bits per heavy atom. The van der Waals surface area contributed by atoms with Crippen molar-refractivity contribution in [3.63, 3.8) is 0 Å². The molecule has 6 heteroatoms. The zero-order valence-electron chi connectivity index (χ0n) is 14.5. The molecule has 0 aliphatic heterocycles. The third-order valence-electron chi connectivity index (χ3n) is 3.89. The van der Waals surface area contributed by atoms with Crippen LogP contribution in [0.15, 0.2) is 72.8 Å². The van der Waals surface area contributed by atoms with E-state index in [1.807, 2.05) is 0 Å². The fourth-order valence-electron chi connectivity index (χ4n) is 2.56. The quantitative estimate of drug-likeness (QED) is 0.708. The van der Waals surface area contributed by atoms with Gasteiger partial charge in [0, 0.05) is 0 Å². The van der Waals surface area contributed by atoms with Crippen molar-refractivity contribution in [3.8, 4) is 5.75 Å². The number of hydrogen-bond acceptors (Lipinski definition) is 3. The molecule has 0 aliphatic rings. The maximum atomic E-state index is 13.8. The maximum Gasteiger partial charge on any atom is 0.258 e. The van der Waals surface area contributed by atoms with Crippen LogP contribution in [0.25, 0.3) is 0 Å². The van der Waals surface area contributed by atoms with Crippen LogP contribution in [-0.4, -0.2) is 18.9 Å². The fourth-order valence-corrected chi connectivity index (χ4v) is 2.56. The molecule has 5 nitrogen and oxygen atoms in total. The van der Waals surface area contributed by atoms with Crippen LogP contribution in [0.4, 0.5) is 15.8 Å². The van der Waals surface area contributed by atoms with Crippen molar-refractivity contribution in [2.75, 3.05) is 17.7 Å². The number of amides is 2. The predicted octanol–water partition coefficient (Wildman–Crippen LogP) is 4.34. The van der Waals surface area contributed by atoms with Crippen molar-refractivity contribution in [1.82, 2.24) is 0 Å². The number of anilines is 2. The normalized spacial score (nSPS) is 10.1. The van der Waals surface area contributed by atoms with Crippen LogP contribution in [0, 0.1) is 5.82 Å². The molecular weight excluding hydrogens is 347 g/mol. The zero-order chi connectivity index (χ0) is 19.2. The standard InChI is InChI=1S/C21H17FN2O3/c1-27-19-13-7-6-12-18(19)24-21(26)15-9-3-5-11-17(15)23-20(25)14-8-2-4-10-16(14)22/h2-13H,1H3,(H,23,25)(H,24,26). The maximum absolute atomic E-state index is 13.8. The van der Waals surface area contributed by atoms with E-state index in [1.54, 1.807) is 54.6 Å². The first kappa shape index (κ1) is 18.1. The van der Waals surface area contributed by atoms with Gasteiger partial charge < -0.3 is 15.4 Å². The lowest BCUT2D eigenvalue weighted by atomic mass is 10.1. The van der Waals surface area contributed by atoms with E-state index in [2.05, 4.69) is 10.6 Å². The van der Waals surface area contributed by atoms with E-state index in [4.69, 9.17) is 4.74 Å². The Kier molecular flexibility index (Phi) is 5.47. The molecule has 0 aliphatic carbocycles. The summed E-state index contributed by atoms with van der Waals surface area (Å²) in [6.45, 7) is 0. The van der Waals surface area contributed by atoms with Gasteiger partial charge in [-0.15, -0.1) is 0 Å². The average molecular weight is 364 g/mol. The van der Waals surface area contributed by atoms with Gasteiger partial charge in [-0.05, 0) is 36.4 Å². The minimum absolute atomic E-state index is 0.0996. The molecule has 0 heterocycles. The summed E-state index contributed by atoms with van der Waals surface area (Å²) in [5.41, 5.74) is 0.920. The van der Waals surface area contributed by atoms with Crippen LogP contribution in [0.3, 0.4) is 0 Å². The van der Waals surface area contributed by atoms with Crippen LogP contribution in [0.2, 0.25) is 0 Å². The van der Waals surface area contributed by atoms with Gasteiger partial charge >= 0.3 is 0 Å². The van der Waals surface area contributed by atoms with Crippen molar-refractivity contribution in [2.45, 2.75) is 0 Å². The largest absolute Gasteiger partial charge is 0.495 e. The topological polar surface area (TPSA) is 67.4 Å². The first-order valence-electron chi connectivity index (χ1n) is 8.19. The zero-order valence-corrected chi connectivity index (χ0v) is 14.5. The lowest BCUT2D eigenvalue weighted by molar-refractivity contribution is 0.102. The highest BCUT2D eigenvalue weighted by molar-refractivity contribution is 6.12. The lowest BCUT2D eigenvalue weighted by Crippen LogP contribution is -2.19. The molecule has 0 unspecified atom stereocenters. The second kappa shape index (κ2) is 8.14. The molecule has 0 spiro atoms. The Labute approximate surface area is 155 Å². The molecule has 0 radical (unpaired) electrons. The molecule has 3 aromatic rings. The molecule has 0 atom stereocenters. The number of carbonyl (C=O) groups excluding carboxylic acids is 2. The van der Waals surface area contributed by atoms with E-state index in [9.17, 15) is 14.0 Å². The minimum Gasteiger partial charge on any atom is -0.495 e. The summed E-state index contributed by atoms with van der Waals surface area (Å²) in [5, 5.41) is 5.35. The van der Waals surface area contributed by atoms with E-state index in [-0.39, 0.29) is 16.8 Å². The summed E-state index contributed by atoms with van der Waals surface area (Å²) in [5.74, 6) is -1.18. The number of methoxy groups -OCH3 is 1. The van der Waals surface area contributed by atoms with Crippen LogP contribution < -0.4 is 15.4 Å². The number of ether oxygens (including phenoxy) is 1. The number of nitrogens with one attached hydrogen (secondary N) is 2. The van der Waals surface area contributed by atoms with Gasteiger partial charge in [0.05, 0.1) is 29.6 Å².